The first-order valence-corrected chi connectivity index (χ1v) is 12.5. The third-order valence-electron chi connectivity index (χ3n) is 6.57. The third kappa shape index (κ3) is 4.42. The Balaban J connectivity index is 1.38. The van der Waals surface area contributed by atoms with Crippen molar-refractivity contribution < 1.29 is 9.53 Å². The van der Waals surface area contributed by atoms with Crippen LogP contribution in [0.15, 0.2) is 90.2 Å². The molecule has 6 aromatic rings. The van der Waals surface area contributed by atoms with E-state index in [0.717, 1.165) is 11.1 Å². The number of ether oxygens (including phenoxy) is 1. The summed E-state index contributed by atoms with van der Waals surface area (Å²) in [7, 11) is 0. The van der Waals surface area contributed by atoms with E-state index in [1.807, 2.05) is 80.6 Å². The minimum atomic E-state index is -0.501. The van der Waals surface area contributed by atoms with Crippen molar-refractivity contribution in [2.75, 3.05) is 5.32 Å². The Kier molecular flexibility index (Phi) is 6.12. The Morgan fingerprint density at radius 2 is 1.79 bits per heavy atom. The van der Waals surface area contributed by atoms with Crippen molar-refractivity contribution >= 4 is 28.3 Å². The van der Waals surface area contributed by atoms with Crippen LogP contribution in [0.25, 0.3) is 22.2 Å². The smallest absolute Gasteiger partial charge is 0.340 e. The number of nitrogens with one attached hydrogen (secondary N) is 2. The van der Waals surface area contributed by atoms with E-state index < -0.39 is 12.0 Å². The number of benzene rings is 2. The molecule has 2 N–H and O–H groups in total. The molecule has 0 amide bonds. The normalized spacial score (nSPS) is 12.1. The summed E-state index contributed by atoms with van der Waals surface area (Å²) >= 11 is 0. The van der Waals surface area contributed by atoms with Crippen LogP contribution in [0, 0.1) is 6.92 Å². The molecule has 0 saturated carbocycles. The standard InChI is InChI=1S/C29H25N7O3/c1-18-13-14-35-24(18)28(37)36(21-11-7-4-8-12-21)27(34-35)19(2)33-26-23-22(15-30-25(23)31-17-32-26)29(38)39-16-20-9-5-3-6-10-20/h3-15,17,19H,16H2,1-2H3,(H2,30,31,32,33)/t19-/m0/s1. The zero-order valence-corrected chi connectivity index (χ0v) is 21.3. The van der Waals surface area contributed by atoms with Gasteiger partial charge in [-0.05, 0) is 43.2 Å². The predicted octanol–water partition coefficient (Wildman–Crippen LogP) is 4.60. The van der Waals surface area contributed by atoms with Crippen molar-refractivity contribution in [1.29, 1.82) is 0 Å². The maximum atomic E-state index is 13.7. The largest absolute Gasteiger partial charge is 0.457 e. The topological polar surface area (TPSA) is 119 Å². The molecule has 0 aliphatic rings. The molecule has 6 rings (SSSR count). The first-order chi connectivity index (χ1) is 19.0. The van der Waals surface area contributed by atoms with Crippen molar-refractivity contribution in [3.63, 3.8) is 0 Å². The molecule has 0 aliphatic heterocycles. The van der Waals surface area contributed by atoms with Crippen molar-refractivity contribution in [3.05, 3.63) is 118 Å². The van der Waals surface area contributed by atoms with Gasteiger partial charge in [0.15, 0.2) is 5.82 Å². The van der Waals surface area contributed by atoms with E-state index in [2.05, 4.69) is 20.3 Å². The van der Waals surface area contributed by atoms with E-state index in [4.69, 9.17) is 9.84 Å². The molecule has 10 heteroatoms. The van der Waals surface area contributed by atoms with Gasteiger partial charge in [0, 0.05) is 12.4 Å². The highest BCUT2D eigenvalue weighted by Crippen LogP contribution is 2.28. The molecule has 4 heterocycles. The first-order valence-electron chi connectivity index (χ1n) is 12.5. The molecule has 1 atom stereocenters. The number of rotatable bonds is 7. The number of aromatic nitrogens is 6. The summed E-state index contributed by atoms with van der Waals surface area (Å²) in [4.78, 5) is 38.5. The fourth-order valence-corrected chi connectivity index (χ4v) is 4.64. The van der Waals surface area contributed by atoms with Crippen LogP contribution in [0.3, 0.4) is 0 Å². The third-order valence-corrected chi connectivity index (χ3v) is 6.57. The molecular weight excluding hydrogens is 494 g/mol. The first kappa shape index (κ1) is 24.1. The molecule has 39 heavy (non-hydrogen) atoms. The van der Waals surface area contributed by atoms with E-state index in [-0.39, 0.29) is 12.2 Å². The summed E-state index contributed by atoms with van der Waals surface area (Å²) in [5, 5.41) is 8.64. The fourth-order valence-electron chi connectivity index (χ4n) is 4.64. The van der Waals surface area contributed by atoms with Crippen LogP contribution in [0.5, 0.6) is 0 Å². The lowest BCUT2D eigenvalue weighted by molar-refractivity contribution is 0.0475. The highest BCUT2D eigenvalue weighted by molar-refractivity contribution is 6.07. The van der Waals surface area contributed by atoms with Crippen LogP contribution in [0.2, 0.25) is 0 Å². The van der Waals surface area contributed by atoms with Crippen LogP contribution >= 0.6 is 0 Å². The van der Waals surface area contributed by atoms with Gasteiger partial charge in [-0.25, -0.2) is 19.3 Å². The lowest BCUT2D eigenvalue weighted by atomic mass is 10.2. The molecule has 0 bridgehead atoms. The Morgan fingerprint density at radius 3 is 2.56 bits per heavy atom. The van der Waals surface area contributed by atoms with Crippen molar-refractivity contribution in [3.8, 4) is 5.69 Å². The van der Waals surface area contributed by atoms with Gasteiger partial charge in [0.05, 0.1) is 22.7 Å². The number of aromatic amines is 1. The highest BCUT2D eigenvalue weighted by atomic mass is 16.5. The summed E-state index contributed by atoms with van der Waals surface area (Å²) in [6.07, 6.45) is 4.74. The average molecular weight is 520 g/mol. The summed E-state index contributed by atoms with van der Waals surface area (Å²) in [5.74, 6) is 0.391. The Morgan fingerprint density at radius 1 is 1.05 bits per heavy atom. The molecule has 10 nitrogen and oxygen atoms in total. The summed E-state index contributed by atoms with van der Waals surface area (Å²) in [6, 6.07) is 20.2. The van der Waals surface area contributed by atoms with Crippen LogP contribution in [-0.4, -0.2) is 35.1 Å². The maximum absolute atomic E-state index is 13.7. The Bertz CT molecular complexity index is 1860. The number of esters is 1. The number of aryl methyl sites for hydroxylation is 1. The molecule has 0 aliphatic carbocycles. The average Bonchev–Trinajstić information content (AvgIpc) is 3.57. The monoisotopic (exact) mass is 519 g/mol. The minimum absolute atomic E-state index is 0.142. The van der Waals surface area contributed by atoms with Gasteiger partial charge < -0.3 is 15.0 Å². The summed E-state index contributed by atoms with van der Waals surface area (Å²) in [5.41, 5.74) is 3.54. The Hall–Kier alpha value is -5.25. The van der Waals surface area contributed by atoms with E-state index in [9.17, 15) is 9.59 Å². The molecular formula is C29H25N7O3. The van der Waals surface area contributed by atoms with Crippen LogP contribution in [0.1, 0.15) is 40.3 Å². The molecule has 0 saturated heterocycles. The number of carbonyl (C=O) groups is 1. The number of fused-ring (bicyclic) bond motifs is 2. The fraction of sp³-hybridized carbons (Fsp3) is 0.138. The van der Waals surface area contributed by atoms with Crippen LogP contribution in [-0.2, 0) is 11.3 Å². The lowest BCUT2D eigenvalue weighted by Crippen LogP contribution is -2.29. The predicted molar refractivity (Wildman–Crippen MR) is 147 cm³/mol. The number of hydrogen-bond acceptors (Lipinski definition) is 7. The second kappa shape index (κ2) is 9.90. The van der Waals surface area contributed by atoms with Crippen molar-refractivity contribution in [1.82, 2.24) is 29.1 Å². The number of carbonyl (C=O) groups excluding carboxylic acids is 1. The van der Waals surface area contributed by atoms with Gasteiger partial charge in [0.25, 0.3) is 5.56 Å². The zero-order valence-electron chi connectivity index (χ0n) is 21.3. The highest BCUT2D eigenvalue weighted by Gasteiger charge is 2.23. The summed E-state index contributed by atoms with van der Waals surface area (Å²) < 4.78 is 8.77. The van der Waals surface area contributed by atoms with E-state index in [1.165, 1.54) is 6.33 Å². The molecule has 0 spiro atoms. The van der Waals surface area contributed by atoms with Crippen molar-refractivity contribution in [2.24, 2.45) is 0 Å². The molecule has 0 fully saturated rings. The molecule has 4 aromatic heterocycles. The van der Waals surface area contributed by atoms with Gasteiger partial charge >= 0.3 is 5.97 Å². The number of nitrogens with zero attached hydrogens (tertiary/aromatic N) is 5. The number of para-hydroxylation sites is 1. The second-order valence-corrected chi connectivity index (χ2v) is 9.20. The number of H-pyrrole nitrogens is 1. The summed E-state index contributed by atoms with van der Waals surface area (Å²) in [6.45, 7) is 3.91. The SMILES string of the molecule is Cc1ccn2nc([C@H](C)Nc3ncnc4[nH]cc(C(=O)OCc5ccccc5)c34)n(-c3ccccc3)c(=O)c12. The van der Waals surface area contributed by atoms with Crippen molar-refractivity contribution in [2.45, 2.75) is 26.5 Å². The van der Waals surface area contributed by atoms with E-state index in [0.29, 0.717) is 39.4 Å². The molecule has 0 radical (unpaired) electrons. The number of anilines is 1. The molecule has 2 aromatic carbocycles. The van der Waals surface area contributed by atoms with E-state index >= 15 is 0 Å². The molecule has 194 valence electrons. The van der Waals surface area contributed by atoms with Gasteiger partial charge in [0.1, 0.15) is 29.9 Å². The zero-order chi connectivity index (χ0) is 26.9. The van der Waals surface area contributed by atoms with Gasteiger partial charge in [0.2, 0.25) is 0 Å². The maximum Gasteiger partial charge on any atom is 0.340 e. The second-order valence-electron chi connectivity index (χ2n) is 9.20. The molecule has 0 unspecified atom stereocenters. The van der Waals surface area contributed by atoms with Gasteiger partial charge in [-0.1, -0.05) is 48.5 Å². The quantitative estimate of drug-likeness (QED) is 0.296. The minimum Gasteiger partial charge on any atom is -0.457 e. The van der Waals surface area contributed by atoms with Gasteiger partial charge in [-0.15, -0.1) is 0 Å². The van der Waals surface area contributed by atoms with Gasteiger partial charge in [-0.3, -0.25) is 9.36 Å². The number of hydrogen-bond donors (Lipinski definition) is 2. The van der Waals surface area contributed by atoms with Gasteiger partial charge in [-0.2, -0.15) is 5.10 Å². The van der Waals surface area contributed by atoms with E-state index in [1.54, 1.807) is 21.5 Å². The van der Waals surface area contributed by atoms with Crippen LogP contribution in [0.4, 0.5) is 5.82 Å². The Labute approximate surface area is 222 Å². The van der Waals surface area contributed by atoms with Crippen LogP contribution < -0.4 is 10.9 Å². The lowest BCUT2D eigenvalue weighted by Gasteiger charge is -2.20.